The van der Waals surface area contributed by atoms with Crippen molar-refractivity contribution in [2.75, 3.05) is 0 Å². The van der Waals surface area contributed by atoms with E-state index in [0.717, 1.165) is 0 Å². The molecule has 0 aliphatic carbocycles. The second-order valence-corrected chi connectivity index (χ2v) is 2.07. The fourth-order valence-corrected chi connectivity index (χ4v) is 0.834. The zero-order valence-corrected chi connectivity index (χ0v) is 5.93. The second kappa shape index (κ2) is 2.66. The molecule has 0 aliphatic rings. The molecule has 0 fully saturated rings. The molecule has 0 amide bonds. The Morgan fingerprint density at radius 2 is 2.00 bits per heavy atom. The van der Waals surface area contributed by atoms with Crippen LogP contribution in [0.3, 0.4) is 0 Å². The molecule has 1 aromatic rings. The van der Waals surface area contributed by atoms with Gasteiger partial charge in [-0.15, -0.1) is 0 Å². The zero-order chi connectivity index (χ0) is 7.56. The highest BCUT2D eigenvalue weighted by atomic mass is 32.1. The van der Waals surface area contributed by atoms with Crippen molar-refractivity contribution in [1.82, 2.24) is 0 Å². The van der Waals surface area contributed by atoms with E-state index in [2.05, 4.69) is 12.2 Å². The van der Waals surface area contributed by atoms with E-state index >= 15 is 0 Å². The summed E-state index contributed by atoms with van der Waals surface area (Å²) in [6, 6.07) is 4.65. The Kier molecular flexibility index (Phi) is 1.87. The van der Waals surface area contributed by atoms with Gasteiger partial charge < -0.3 is 10.2 Å². The first-order valence-corrected chi connectivity index (χ1v) is 3.19. The van der Waals surface area contributed by atoms with Crippen molar-refractivity contribution < 1.29 is 10.2 Å². The molecule has 0 aliphatic heterocycles. The van der Waals surface area contributed by atoms with Crippen LogP contribution in [0.4, 0.5) is 0 Å². The van der Waals surface area contributed by atoms with Crippen LogP contribution >= 0.6 is 12.2 Å². The molecule has 0 bridgehead atoms. The van der Waals surface area contributed by atoms with E-state index in [0.29, 0.717) is 5.56 Å². The average Bonchev–Trinajstić information content (AvgIpc) is 1.95. The van der Waals surface area contributed by atoms with E-state index in [1.165, 1.54) is 11.4 Å². The first kappa shape index (κ1) is 7.02. The van der Waals surface area contributed by atoms with E-state index in [4.69, 9.17) is 10.2 Å². The number of rotatable bonds is 1. The quantitative estimate of drug-likeness (QED) is 0.475. The number of hydrogen-bond donors (Lipinski definition) is 2. The van der Waals surface area contributed by atoms with Crippen LogP contribution in [0.25, 0.3) is 0 Å². The highest BCUT2D eigenvalue weighted by Gasteiger charge is 2.00. The standard InChI is InChI=1S/C7H6O2S/c8-6-3-1-2-5(4-10)7(6)9/h1-4,8-9H. The fourth-order valence-electron chi connectivity index (χ4n) is 0.644. The van der Waals surface area contributed by atoms with Gasteiger partial charge in [-0.2, -0.15) is 0 Å². The number of phenols is 2. The molecule has 3 heteroatoms. The maximum absolute atomic E-state index is 9.05. The first-order valence-electron chi connectivity index (χ1n) is 2.72. The molecule has 0 spiro atoms. The molecule has 0 saturated heterocycles. The van der Waals surface area contributed by atoms with Gasteiger partial charge in [-0.3, -0.25) is 0 Å². The molecular formula is C7H6O2S. The number of hydrogen-bond acceptors (Lipinski definition) is 3. The number of para-hydroxylation sites is 1. The third-order valence-electron chi connectivity index (χ3n) is 1.17. The Labute approximate surface area is 63.7 Å². The molecular weight excluding hydrogens is 148 g/mol. The molecule has 0 aromatic heterocycles. The van der Waals surface area contributed by atoms with Crippen LogP contribution in [0.15, 0.2) is 18.2 Å². The van der Waals surface area contributed by atoms with E-state index in [-0.39, 0.29) is 11.5 Å². The summed E-state index contributed by atoms with van der Waals surface area (Å²) in [6.07, 6.45) is 0. The highest BCUT2D eigenvalue weighted by Crippen LogP contribution is 2.26. The molecule has 52 valence electrons. The minimum Gasteiger partial charge on any atom is -0.504 e. The predicted octanol–water partition coefficient (Wildman–Crippen LogP) is 1.45. The molecule has 2 nitrogen and oxygen atoms in total. The molecule has 0 radical (unpaired) electrons. The van der Waals surface area contributed by atoms with Crippen molar-refractivity contribution in [3.8, 4) is 11.5 Å². The van der Waals surface area contributed by atoms with Crippen molar-refractivity contribution in [2.24, 2.45) is 0 Å². The lowest BCUT2D eigenvalue weighted by molar-refractivity contribution is 0.403. The second-order valence-electron chi connectivity index (χ2n) is 1.83. The molecule has 10 heavy (non-hydrogen) atoms. The molecule has 1 rings (SSSR count). The van der Waals surface area contributed by atoms with Crippen LogP contribution in [-0.4, -0.2) is 15.6 Å². The van der Waals surface area contributed by atoms with Crippen LogP contribution < -0.4 is 0 Å². The molecule has 2 N–H and O–H groups in total. The molecule has 0 heterocycles. The Morgan fingerprint density at radius 1 is 1.30 bits per heavy atom. The van der Waals surface area contributed by atoms with Crippen LogP contribution in [-0.2, 0) is 0 Å². The minimum absolute atomic E-state index is 0.140. The van der Waals surface area contributed by atoms with Crippen molar-refractivity contribution in [3.63, 3.8) is 0 Å². The lowest BCUT2D eigenvalue weighted by Gasteiger charge is -1.98. The van der Waals surface area contributed by atoms with Gasteiger partial charge in [0.1, 0.15) is 0 Å². The van der Waals surface area contributed by atoms with E-state index in [9.17, 15) is 0 Å². The lowest BCUT2D eigenvalue weighted by Crippen LogP contribution is -1.78. The summed E-state index contributed by atoms with van der Waals surface area (Å²) in [4.78, 5) is 0. The third-order valence-corrected chi connectivity index (χ3v) is 1.43. The topological polar surface area (TPSA) is 40.5 Å². The van der Waals surface area contributed by atoms with Gasteiger partial charge in [0.2, 0.25) is 0 Å². The zero-order valence-electron chi connectivity index (χ0n) is 5.11. The molecule has 1 aromatic carbocycles. The van der Waals surface area contributed by atoms with E-state index in [1.807, 2.05) is 0 Å². The summed E-state index contributed by atoms with van der Waals surface area (Å²) in [7, 11) is 0. The number of aromatic hydroxyl groups is 2. The fraction of sp³-hybridized carbons (Fsp3) is 0. The largest absolute Gasteiger partial charge is 0.504 e. The van der Waals surface area contributed by atoms with Gasteiger partial charge in [0, 0.05) is 10.9 Å². The van der Waals surface area contributed by atoms with Crippen molar-refractivity contribution in [1.29, 1.82) is 0 Å². The van der Waals surface area contributed by atoms with Gasteiger partial charge in [0.25, 0.3) is 0 Å². The SMILES string of the molecule is Oc1cccc(C=S)c1O. The van der Waals surface area contributed by atoms with Crippen molar-refractivity contribution >= 4 is 17.6 Å². The minimum atomic E-state index is -0.155. The number of phenolic OH excluding ortho intramolecular Hbond substituents is 2. The average molecular weight is 154 g/mol. The Balaban J connectivity index is 3.27. The molecule has 0 unspecified atom stereocenters. The summed E-state index contributed by atoms with van der Waals surface area (Å²) >= 11 is 4.57. The van der Waals surface area contributed by atoms with Gasteiger partial charge in [-0.1, -0.05) is 24.4 Å². The summed E-state index contributed by atoms with van der Waals surface area (Å²) in [5.74, 6) is -0.295. The van der Waals surface area contributed by atoms with Gasteiger partial charge in [-0.25, -0.2) is 0 Å². The third kappa shape index (κ3) is 1.09. The normalized spacial score (nSPS) is 9.20. The van der Waals surface area contributed by atoms with Crippen molar-refractivity contribution in [3.05, 3.63) is 23.8 Å². The molecule has 0 saturated carbocycles. The Hall–Kier alpha value is -1.09. The van der Waals surface area contributed by atoms with Gasteiger partial charge in [0.15, 0.2) is 11.5 Å². The predicted molar refractivity (Wildman–Crippen MR) is 42.5 cm³/mol. The van der Waals surface area contributed by atoms with Crippen LogP contribution in [0.1, 0.15) is 5.56 Å². The lowest BCUT2D eigenvalue weighted by atomic mass is 10.2. The number of benzene rings is 1. The van der Waals surface area contributed by atoms with Crippen LogP contribution in [0.5, 0.6) is 11.5 Å². The monoisotopic (exact) mass is 154 g/mol. The van der Waals surface area contributed by atoms with Gasteiger partial charge in [0.05, 0.1) is 0 Å². The van der Waals surface area contributed by atoms with Crippen molar-refractivity contribution in [2.45, 2.75) is 0 Å². The van der Waals surface area contributed by atoms with Crippen LogP contribution in [0, 0.1) is 0 Å². The summed E-state index contributed by atoms with van der Waals surface area (Å²) in [6.45, 7) is 0. The van der Waals surface area contributed by atoms with E-state index in [1.54, 1.807) is 12.1 Å². The summed E-state index contributed by atoms with van der Waals surface area (Å²) in [5, 5.41) is 19.3. The van der Waals surface area contributed by atoms with Crippen LogP contribution in [0.2, 0.25) is 0 Å². The maximum Gasteiger partial charge on any atom is 0.165 e. The summed E-state index contributed by atoms with van der Waals surface area (Å²) < 4.78 is 0. The highest BCUT2D eigenvalue weighted by molar-refractivity contribution is 7.79. The van der Waals surface area contributed by atoms with Gasteiger partial charge in [-0.05, 0) is 6.07 Å². The molecule has 0 atom stereocenters. The smallest absolute Gasteiger partial charge is 0.165 e. The Morgan fingerprint density at radius 3 is 2.50 bits per heavy atom. The Bertz CT molecular complexity index is 258. The number of thiocarbonyl (C=S) groups is 1. The van der Waals surface area contributed by atoms with Gasteiger partial charge >= 0.3 is 0 Å². The maximum atomic E-state index is 9.05. The van der Waals surface area contributed by atoms with E-state index < -0.39 is 0 Å². The summed E-state index contributed by atoms with van der Waals surface area (Å²) in [5.41, 5.74) is 0.468. The first-order chi connectivity index (χ1) is 4.75.